The fourth-order valence-electron chi connectivity index (χ4n) is 3.75. The van der Waals surface area contributed by atoms with Crippen LogP contribution in [0, 0.1) is 5.92 Å². The summed E-state index contributed by atoms with van der Waals surface area (Å²) < 4.78 is 7.93. The molecular formula is C20H22ClNO2. The summed E-state index contributed by atoms with van der Waals surface area (Å²) in [5.74, 6) is 1.52. The smallest absolute Gasteiger partial charge is 0.168 e. The molecule has 1 fully saturated rings. The molecule has 0 radical (unpaired) electrons. The van der Waals surface area contributed by atoms with E-state index >= 15 is 0 Å². The summed E-state index contributed by atoms with van der Waals surface area (Å²) in [6.07, 6.45) is 4.10. The quantitative estimate of drug-likeness (QED) is 0.688. The van der Waals surface area contributed by atoms with Gasteiger partial charge in [-0.05, 0) is 50.5 Å². The Morgan fingerprint density at radius 3 is 2.75 bits per heavy atom. The minimum Gasteiger partial charge on any atom is -0.492 e. The van der Waals surface area contributed by atoms with Crippen LogP contribution in [0.2, 0.25) is 5.02 Å². The number of aromatic nitrogens is 1. The number of benzene rings is 1. The van der Waals surface area contributed by atoms with Crippen molar-refractivity contribution in [1.29, 1.82) is 0 Å². The van der Waals surface area contributed by atoms with Gasteiger partial charge in [0.1, 0.15) is 5.75 Å². The van der Waals surface area contributed by atoms with E-state index < -0.39 is 0 Å². The zero-order valence-electron chi connectivity index (χ0n) is 14.3. The van der Waals surface area contributed by atoms with Crippen LogP contribution >= 0.6 is 11.6 Å². The summed E-state index contributed by atoms with van der Waals surface area (Å²) in [6.45, 7) is 6.93. The van der Waals surface area contributed by atoms with Crippen molar-refractivity contribution in [1.82, 2.24) is 4.57 Å². The average molecular weight is 344 g/mol. The predicted molar refractivity (Wildman–Crippen MR) is 96.2 cm³/mol. The molecule has 24 heavy (non-hydrogen) atoms. The lowest BCUT2D eigenvalue weighted by Gasteiger charge is -2.33. The third kappa shape index (κ3) is 2.29. The van der Waals surface area contributed by atoms with Gasteiger partial charge in [-0.2, -0.15) is 0 Å². The first-order valence-electron chi connectivity index (χ1n) is 8.74. The Bertz CT molecular complexity index is 819. The van der Waals surface area contributed by atoms with Gasteiger partial charge >= 0.3 is 0 Å². The van der Waals surface area contributed by atoms with Crippen LogP contribution in [0.1, 0.15) is 61.5 Å². The van der Waals surface area contributed by atoms with E-state index in [0.717, 1.165) is 29.7 Å². The summed E-state index contributed by atoms with van der Waals surface area (Å²) in [7, 11) is 0. The molecule has 2 aliphatic rings. The number of ketones is 1. The number of hydrogen-bond acceptors (Lipinski definition) is 2. The van der Waals surface area contributed by atoms with Gasteiger partial charge in [0, 0.05) is 35.2 Å². The second kappa shape index (κ2) is 5.66. The van der Waals surface area contributed by atoms with Crippen molar-refractivity contribution in [2.24, 2.45) is 5.92 Å². The monoisotopic (exact) mass is 343 g/mol. The summed E-state index contributed by atoms with van der Waals surface area (Å²) in [5, 5.41) is 0.643. The van der Waals surface area contributed by atoms with Crippen LogP contribution in [0.5, 0.6) is 5.75 Å². The van der Waals surface area contributed by atoms with Gasteiger partial charge < -0.3 is 9.30 Å². The van der Waals surface area contributed by atoms with Crippen LogP contribution in [0.3, 0.4) is 0 Å². The Morgan fingerprint density at radius 2 is 2.08 bits per heavy atom. The lowest BCUT2D eigenvalue weighted by Crippen LogP contribution is -2.20. The molecule has 1 aromatic heterocycles. The molecule has 3 nitrogen and oxygen atoms in total. The fraction of sp³-hybridized carbons (Fsp3) is 0.450. The molecule has 2 unspecified atom stereocenters. The van der Waals surface area contributed by atoms with Crippen LogP contribution in [0.4, 0.5) is 0 Å². The van der Waals surface area contributed by atoms with Crippen molar-refractivity contribution < 1.29 is 9.53 Å². The highest BCUT2D eigenvalue weighted by Crippen LogP contribution is 2.48. The molecule has 0 N–H and O–H groups in total. The number of hydrogen-bond donors (Lipinski definition) is 0. The zero-order valence-corrected chi connectivity index (χ0v) is 15.1. The first-order valence-corrected chi connectivity index (χ1v) is 9.12. The highest BCUT2D eigenvalue weighted by atomic mass is 35.5. The highest BCUT2D eigenvalue weighted by Gasteiger charge is 2.36. The standard InChI is InChI=1S/C20H22ClNO2/c1-4-24-18-10-16-15(9-17(18)21)11(2)12(3)22-8-7-14(19(16)22)20(23)13-5-6-13/h7-13H,4-6H2,1-3H3. The van der Waals surface area contributed by atoms with E-state index in [1.54, 1.807) is 0 Å². The molecule has 1 aliphatic carbocycles. The number of halogens is 1. The number of rotatable bonds is 4. The fourth-order valence-corrected chi connectivity index (χ4v) is 3.98. The number of carbonyl (C=O) groups excluding carboxylic acids is 1. The van der Waals surface area contributed by atoms with Crippen molar-refractivity contribution >= 4 is 17.4 Å². The first kappa shape index (κ1) is 15.8. The number of carbonyl (C=O) groups is 1. The minimum atomic E-state index is 0.217. The normalized spacial score (nSPS) is 22.0. The van der Waals surface area contributed by atoms with E-state index in [-0.39, 0.29) is 11.7 Å². The lowest BCUT2D eigenvalue weighted by atomic mass is 9.84. The molecule has 4 heteroatoms. The summed E-state index contributed by atoms with van der Waals surface area (Å²) in [5.41, 5.74) is 4.17. The molecule has 2 aromatic rings. The van der Waals surface area contributed by atoms with E-state index in [1.165, 1.54) is 5.56 Å². The van der Waals surface area contributed by atoms with Gasteiger partial charge in [-0.15, -0.1) is 0 Å². The van der Waals surface area contributed by atoms with E-state index in [2.05, 4.69) is 24.6 Å². The number of ether oxygens (including phenoxy) is 1. The summed E-state index contributed by atoms with van der Waals surface area (Å²) >= 11 is 6.42. The van der Waals surface area contributed by atoms with Crippen LogP contribution in [0.25, 0.3) is 11.3 Å². The second-order valence-corrected chi connectivity index (χ2v) is 7.36. The maximum absolute atomic E-state index is 12.7. The SMILES string of the molecule is CCOc1cc2c(cc1Cl)C(C)C(C)n1ccc(C(=O)C3CC3)c1-2. The molecule has 2 atom stereocenters. The van der Waals surface area contributed by atoms with Gasteiger partial charge in [0.15, 0.2) is 5.78 Å². The van der Waals surface area contributed by atoms with Gasteiger partial charge in [0.25, 0.3) is 0 Å². The molecule has 4 rings (SSSR count). The molecule has 0 bridgehead atoms. The number of nitrogens with zero attached hydrogens (tertiary/aromatic N) is 1. The Balaban J connectivity index is 1.93. The van der Waals surface area contributed by atoms with Gasteiger partial charge in [-0.25, -0.2) is 0 Å². The minimum absolute atomic E-state index is 0.217. The molecule has 1 aliphatic heterocycles. The van der Waals surface area contributed by atoms with Crippen LogP contribution < -0.4 is 4.74 Å². The van der Waals surface area contributed by atoms with E-state index in [0.29, 0.717) is 29.3 Å². The van der Waals surface area contributed by atoms with Gasteiger partial charge in [-0.1, -0.05) is 18.5 Å². The average Bonchev–Trinajstić information content (AvgIpc) is 3.32. The van der Waals surface area contributed by atoms with Crippen LogP contribution in [0.15, 0.2) is 24.4 Å². The molecule has 1 aromatic carbocycles. The van der Waals surface area contributed by atoms with Gasteiger partial charge in [0.2, 0.25) is 0 Å². The second-order valence-electron chi connectivity index (χ2n) is 6.96. The van der Waals surface area contributed by atoms with Crippen LogP contribution in [-0.4, -0.2) is 17.0 Å². The van der Waals surface area contributed by atoms with Crippen LogP contribution in [-0.2, 0) is 0 Å². The topological polar surface area (TPSA) is 31.2 Å². The van der Waals surface area contributed by atoms with E-state index in [4.69, 9.17) is 16.3 Å². The maximum atomic E-state index is 12.7. The predicted octanol–water partition coefficient (Wildman–Crippen LogP) is 5.48. The molecular weight excluding hydrogens is 322 g/mol. The Kier molecular flexibility index (Phi) is 3.72. The molecule has 126 valence electrons. The van der Waals surface area contributed by atoms with Crippen molar-refractivity contribution in [3.05, 3.63) is 40.5 Å². The molecule has 2 heterocycles. The number of fused-ring (bicyclic) bond motifs is 3. The van der Waals surface area contributed by atoms with Crippen molar-refractivity contribution in [3.8, 4) is 17.0 Å². The molecule has 0 amide bonds. The highest BCUT2D eigenvalue weighted by molar-refractivity contribution is 6.32. The molecule has 0 saturated heterocycles. The number of Topliss-reactive ketones (excluding diaryl/α,β-unsaturated/α-hetero) is 1. The Morgan fingerprint density at radius 1 is 1.33 bits per heavy atom. The van der Waals surface area contributed by atoms with Gasteiger partial charge in [-0.3, -0.25) is 4.79 Å². The van der Waals surface area contributed by atoms with Gasteiger partial charge in [0.05, 0.1) is 17.3 Å². The molecule has 0 spiro atoms. The third-order valence-electron chi connectivity index (χ3n) is 5.44. The van der Waals surface area contributed by atoms with E-state index in [1.807, 2.05) is 25.1 Å². The Hall–Kier alpha value is -1.74. The zero-order chi connectivity index (χ0) is 17.0. The summed E-state index contributed by atoms with van der Waals surface area (Å²) in [4.78, 5) is 12.7. The molecule has 1 saturated carbocycles. The lowest BCUT2D eigenvalue weighted by molar-refractivity contribution is 0.0968. The van der Waals surface area contributed by atoms with Crippen molar-refractivity contribution in [2.75, 3.05) is 6.61 Å². The first-order chi connectivity index (χ1) is 11.5. The largest absolute Gasteiger partial charge is 0.492 e. The Labute approximate surface area is 147 Å². The van der Waals surface area contributed by atoms with Crippen molar-refractivity contribution in [2.45, 2.75) is 45.6 Å². The maximum Gasteiger partial charge on any atom is 0.168 e. The third-order valence-corrected chi connectivity index (χ3v) is 5.74. The summed E-state index contributed by atoms with van der Waals surface area (Å²) in [6, 6.07) is 6.31. The van der Waals surface area contributed by atoms with E-state index in [9.17, 15) is 4.79 Å². The van der Waals surface area contributed by atoms with Crippen molar-refractivity contribution in [3.63, 3.8) is 0 Å².